The summed E-state index contributed by atoms with van der Waals surface area (Å²) in [6.07, 6.45) is 0. The van der Waals surface area contributed by atoms with Crippen LogP contribution in [0.15, 0.2) is 164 Å². The van der Waals surface area contributed by atoms with E-state index < -0.39 is 0 Å². The first-order valence-electron chi connectivity index (χ1n) is 16.5. The maximum absolute atomic E-state index is 5.79. The van der Waals surface area contributed by atoms with Crippen molar-refractivity contribution >= 4 is 43.1 Å². The summed E-state index contributed by atoms with van der Waals surface area (Å²) in [4.78, 5) is 0. The molecular formula is C47H30O. The van der Waals surface area contributed by atoms with Gasteiger partial charge < -0.3 is 4.74 Å². The maximum atomic E-state index is 5.79. The molecule has 224 valence electrons. The molecule has 0 unspecified atom stereocenters. The fourth-order valence-corrected chi connectivity index (χ4v) is 7.88. The van der Waals surface area contributed by atoms with E-state index in [-0.39, 0.29) is 0 Å². The van der Waals surface area contributed by atoms with Crippen molar-refractivity contribution in [1.82, 2.24) is 0 Å². The largest absolute Gasteiger partial charge is 0.497 e. The molecule has 9 aromatic carbocycles. The first-order chi connectivity index (χ1) is 23.7. The smallest absolute Gasteiger partial charge is 0.120 e. The van der Waals surface area contributed by atoms with Gasteiger partial charge in [0.1, 0.15) is 5.75 Å². The number of benzene rings is 9. The van der Waals surface area contributed by atoms with E-state index in [0.29, 0.717) is 0 Å². The zero-order valence-electron chi connectivity index (χ0n) is 26.5. The van der Waals surface area contributed by atoms with Crippen LogP contribution in [0.4, 0.5) is 0 Å². The minimum atomic E-state index is 0.854. The highest BCUT2D eigenvalue weighted by Crippen LogP contribution is 2.51. The molecule has 0 N–H and O–H groups in total. The minimum absolute atomic E-state index is 0.854. The van der Waals surface area contributed by atoms with Gasteiger partial charge in [-0.05, 0) is 141 Å². The number of fused-ring (bicyclic) bond motifs is 7. The van der Waals surface area contributed by atoms with Crippen molar-refractivity contribution in [2.24, 2.45) is 0 Å². The van der Waals surface area contributed by atoms with Gasteiger partial charge in [-0.3, -0.25) is 0 Å². The van der Waals surface area contributed by atoms with Gasteiger partial charge in [0, 0.05) is 0 Å². The quantitative estimate of drug-likeness (QED) is 0.180. The zero-order chi connectivity index (χ0) is 31.8. The lowest BCUT2D eigenvalue weighted by molar-refractivity contribution is 0.415. The Morgan fingerprint density at radius 2 is 0.854 bits per heavy atom. The van der Waals surface area contributed by atoms with Gasteiger partial charge in [-0.2, -0.15) is 0 Å². The molecule has 9 aromatic rings. The summed E-state index contributed by atoms with van der Waals surface area (Å²) in [6, 6.07) is 60.1. The number of hydrogen-bond donors (Lipinski definition) is 0. The van der Waals surface area contributed by atoms with Crippen LogP contribution in [0.25, 0.3) is 98.7 Å². The normalized spacial score (nSPS) is 11.9. The van der Waals surface area contributed by atoms with E-state index in [2.05, 4.69) is 164 Å². The lowest BCUT2D eigenvalue weighted by atomic mass is 9.89. The van der Waals surface area contributed by atoms with Crippen LogP contribution < -0.4 is 4.74 Å². The SMILES string of the molecule is COc1cc(-c2ccc3ccccc3c2)cc(-c2ccc3cc(-c4ccc5c6c(cc7ccccc7c46)-c4ccccc4-5)ccc3c2)c1. The molecule has 0 aromatic heterocycles. The van der Waals surface area contributed by atoms with Crippen LogP contribution in [0.2, 0.25) is 0 Å². The maximum Gasteiger partial charge on any atom is 0.120 e. The van der Waals surface area contributed by atoms with Gasteiger partial charge in [-0.1, -0.05) is 121 Å². The summed E-state index contributed by atoms with van der Waals surface area (Å²) in [5.74, 6) is 0.854. The summed E-state index contributed by atoms with van der Waals surface area (Å²) in [7, 11) is 1.74. The molecule has 1 heteroatoms. The summed E-state index contributed by atoms with van der Waals surface area (Å²) in [5.41, 5.74) is 12.5. The Balaban J connectivity index is 1.10. The second-order valence-electron chi connectivity index (χ2n) is 12.9. The first-order valence-corrected chi connectivity index (χ1v) is 16.5. The molecule has 0 saturated heterocycles. The highest BCUT2D eigenvalue weighted by atomic mass is 16.5. The highest BCUT2D eigenvalue weighted by molar-refractivity contribution is 6.27. The Labute approximate surface area is 279 Å². The van der Waals surface area contributed by atoms with Crippen LogP contribution in [-0.2, 0) is 0 Å². The third-order valence-electron chi connectivity index (χ3n) is 10.2. The molecule has 10 rings (SSSR count). The van der Waals surface area contributed by atoms with E-state index in [0.717, 1.165) is 16.9 Å². The van der Waals surface area contributed by atoms with Crippen LogP contribution in [-0.4, -0.2) is 7.11 Å². The Hall–Kier alpha value is -6.18. The van der Waals surface area contributed by atoms with Crippen molar-refractivity contribution in [3.63, 3.8) is 0 Å². The van der Waals surface area contributed by atoms with Crippen molar-refractivity contribution in [3.05, 3.63) is 164 Å². The van der Waals surface area contributed by atoms with Crippen LogP contribution >= 0.6 is 0 Å². The molecule has 1 nitrogen and oxygen atoms in total. The van der Waals surface area contributed by atoms with Crippen LogP contribution in [0.3, 0.4) is 0 Å². The molecule has 0 spiro atoms. The van der Waals surface area contributed by atoms with Gasteiger partial charge in [-0.25, -0.2) is 0 Å². The predicted molar refractivity (Wildman–Crippen MR) is 204 cm³/mol. The van der Waals surface area contributed by atoms with Gasteiger partial charge in [0.05, 0.1) is 7.11 Å². The van der Waals surface area contributed by atoms with E-state index in [4.69, 9.17) is 4.74 Å². The van der Waals surface area contributed by atoms with E-state index >= 15 is 0 Å². The molecule has 0 bridgehead atoms. The Kier molecular flexibility index (Phi) is 5.86. The third kappa shape index (κ3) is 4.11. The van der Waals surface area contributed by atoms with Crippen LogP contribution in [0, 0.1) is 0 Å². The third-order valence-corrected chi connectivity index (χ3v) is 10.2. The van der Waals surface area contributed by atoms with E-state index in [1.807, 2.05) is 0 Å². The number of hydrogen-bond acceptors (Lipinski definition) is 1. The van der Waals surface area contributed by atoms with Gasteiger partial charge >= 0.3 is 0 Å². The molecule has 0 saturated carbocycles. The molecule has 1 aliphatic carbocycles. The first kappa shape index (κ1) is 27.0. The molecule has 48 heavy (non-hydrogen) atoms. The Morgan fingerprint density at radius 3 is 1.58 bits per heavy atom. The average Bonchev–Trinajstić information content (AvgIpc) is 3.48. The minimum Gasteiger partial charge on any atom is -0.497 e. The summed E-state index contributed by atoms with van der Waals surface area (Å²) < 4.78 is 5.79. The Morgan fingerprint density at radius 1 is 0.312 bits per heavy atom. The van der Waals surface area contributed by atoms with Gasteiger partial charge in [0.2, 0.25) is 0 Å². The van der Waals surface area contributed by atoms with Crippen molar-refractivity contribution < 1.29 is 4.74 Å². The molecule has 0 amide bonds. The number of rotatable bonds is 4. The van der Waals surface area contributed by atoms with E-state index in [1.165, 1.54) is 87.6 Å². The van der Waals surface area contributed by atoms with Crippen LogP contribution in [0.1, 0.15) is 0 Å². The molecule has 1 aliphatic rings. The average molecular weight is 611 g/mol. The molecule has 0 fully saturated rings. The van der Waals surface area contributed by atoms with Crippen molar-refractivity contribution in [2.75, 3.05) is 7.11 Å². The van der Waals surface area contributed by atoms with E-state index in [9.17, 15) is 0 Å². The molecule has 0 aliphatic heterocycles. The highest BCUT2D eigenvalue weighted by Gasteiger charge is 2.24. The second-order valence-corrected chi connectivity index (χ2v) is 12.9. The zero-order valence-corrected chi connectivity index (χ0v) is 26.5. The number of methoxy groups -OCH3 is 1. The standard InChI is InChI=1S/C47H30O/c1-48-39-26-37(33-15-14-29-8-2-3-9-30(29)22-33)25-38(27-39)34-17-16-32-24-36(19-18-31(32)23-34)41-20-21-44-42-12-6-7-13-43(42)45-28-35-10-4-5-11-40(35)46(41)47(44)45/h2-28H,1H3. The monoisotopic (exact) mass is 610 g/mol. The fraction of sp³-hybridized carbons (Fsp3) is 0.0213. The molecule has 0 heterocycles. The fourth-order valence-electron chi connectivity index (χ4n) is 7.88. The van der Waals surface area contributed by atoms with Crippen molar-refractivity contribution in [1.29, 1.82) is 0 Å². The van der Waals surface area contributed by atoms with Crippen molar-refractivity contribution in [3.8, 4) is 61.4 Å². The second kappa shape index (κ2) is 10.4. The van der Waals surface area contributed by atoms with Gasteiger partial charge in [0.25, 0.3) is 0 Å². The predicted octanol–water partition coefficient (Wildman–Crippen LogP) is 13.0. The van der Waals surface area contributed by atoms with Crippen molar-refractivity contribution in [2.45, 2.75) is 0 Å². The van der Waals surface area contributed by atoms with Gasteiger partial charge in [-0.15, -0.1) is 0 Å². The lowest BCUT2D eigenvalue weighted by Gasteiger charge is -2.14. The molecule has 0 radical (unpaired) electrons. The Bertz CT molecular complexity index is 2770. The van der Waals surface area contributed by atoms with E-state index in [1.54, 1.807) is 7.11 Å². The van der Waals surface area contributed by atoms with Crippen LogP contribution in [0.5, 0.6) is 5.75 Å². The summed E-state index contributed by atoms with van der Waals surface area (Å²) >= 11 is 0. The summed E-state index contributed by atoms with van der Waals surface area (Å²) in [5, 5.41) is 10.2. The molecular weight excluding hydrogens is 581 g/mol. The number of ether oxygens (including phenoxy) is 1. The topological polar surface area (TPSA) is 9.23 Å². The lowest BCUT2D eigenvalue weighted by Crippen LogP contribution is -1.89. The van der Waals surface area contributed by atoms with Gasteiger partial charge in [0.15, 0.2) is 0 Å². The summed E-state index contributed by atoms with van der Waals surface area (Å²) in [6.45, 7) is 0. The molecule has 0 atom stereocenters.